The zero-order valence-corrected chi connectivity index (χ0v) is 17.6. The standard InChI is InChI=1S/C25H17Cl2NO2/c1-14-8-2-7-13-19(14)28-22(29)20-21(23(28)30)25(27)16-10-4-3-9-15(16)24(20,26)17-11-5-6-12-18(17)25/h2-13,20-21H,1H3/t20-,21-,24?,25?/m0/s1. The van der Waals surface area contributed by atoms with Gasteiger partial charge in [0, 0.05) is 0 Å². The lowest BCUT2D eigenvalue weighted by atomic mass is 9.54. The van der Waals surface area contributed by atoms with E-state index in [1.807, 2.05) is 73.7 Å². The Hall–Kier alpha value is -2.62. The number of anilines is 1. The molecule has 30 heavy (non-hydrogen) atoms. The summed E-state index contributed by atoms with van der Waals surface area (Å²) < 4.78 is 0. The number of carbonyl (C=O) groups excluding carboxylic acids is 2. The Balaban J connectivity index is 1.68. The number of halogens is 2. The Kier molecular flexibility index (Phi) is 3.48. The Morgan fingerprint density at radius 1 is 0.667 bits per heavy atom. The number of hydrogen-bond donors (Lipinski definition) is 0. The van der Waals surface area contributed by atoms with Crippen molar-refractivity contribution in [2.45, 2.75) is 16.7 Å². The lowest BCUT2D eigenvalue weighted by Crippen LogP contribution is -2.57. The Morgan fingerprint density at radius 2 is 1.03 bits per heavy atom. The summed E-state index contributed by atoms with van der Waals surface area (Å²) in [6.45, 7) is 1.89. The van der Waals surface area contributed by atoms with Crippen LogP contribution in [-0.2, 0) is 19.3 Å². The number of imide groups is 1. The van der Waals surface area contributed by atoms with Crippen LogP contribution in [0.25, 0.3) is 0 Å². The number of carbonyl (C=O) groups is 2. The van der Waals surface area contributed by atoms with E-state index < -0.39 is 21.6 Å². The van der Waals surface area contributed by atoms with Gasteiger partial charge in [-0.15, -0.1) is 23.2 Å². The van der Waals surface area contributed by atoms with Crippen molar-refractivity contribution in [3.8, 4) is 0 Å². The topological polar surface area (TPSA) is 37.4 Å². The minimum Gasteiger partial charge on any atom is -0.274 e. The molecule has 0 N–H and O–H groups in total. The van der Waals surface area contributed by atoms with Gasteiger partial charge in [0.25, 0.3) is 0 Å². The fourth-order valence-electron chi connectivity index (χ4n) is 5.72. The summed E-state index contributed by atoms with van der Waals surface area (Å²) in [7, 11) is 0. The smallest absolute Gasteiger partial charge is 0.240 e. The molecule has 0 radical (unpaired) electrons. The summed E-state index contributed by atoms with van der Waals surface area (Å²) in [6.07, 6.45) is 0. The average Bonchev–Trinajstić information content (AvgIpc) is 3.04. The molecule has 3 aromatic carbocycles. The second kappa shape index (κ2) is 5.75. The van der Waals surface area contributed by atoms with Gasteiger partial charge in [-0.25, -0.2) is 4.90 Å². The van der Waals surface area contributed by atoms with E-state index in [2.05, 4.69) is 0 Å². The summed E-state index contributed by atoms with van der Waals surface area (Å²) in [5, 5.41) is 0. The van der Waals surface area contributed by atoms with E-state index in [1.165, 1.54) is 4.90 Å². The van der Waals surface area contributed by atoms with Crippen molar-refractivity contribution in [1.29, 1.82) is 0 Å². The molecule has 0 spiro atoms. The Morgan fingerprint density at radius 3 is 1.43 bits per heavy atom. The molecular formula is C25H17Cl2NO2. The molecule has 3 aliphatic carbocycles. The zero-order chi connectivity index (χ0) is 20.8. The number of nitrogens with zero attached hydrogens (tertiary/aromatic N) is 1. The van der Waals surface area contributed by atoms with Crippen LogP contribution in [0.1, 0.15) is 27.8 Å². The maximum absolute atomic E-state index is 13.8. The van der Waals surface area contributed by atoms with Crippen molar-refractivity contribution in [3.05, 3.63) is 101 Å². The molecule has 4 aliphatic rings. The van der Waals surface area contributed by atoms with Crippen molar-refractivity contribution >= 4 is 40.7 Å². The van der Waals surface area contributed by atoms with Gasteiger partial charge < -0.3 is 0 Å². The molecule has 0 saturated carbocycles. The van der Waals surface area contributed by atoms with E-state index >= 15 is 0 Å². The third kappa shape index (κ3) is 1.85. The van der Waals surface area contributed by atoms with Gasteiger partial charge >= 0.3 is 0 Å². The third-order valence-corrected chi connectivity index (χ3v) is 8.23. The first-order chi connectivity index (χ1) is 14.4. The van der Waals surface area contributed by atoms with Crippen LogP contribution < -0.4 is 4.90 Å². The maximum atomic E-state index is 13.8. The molecule has 2 amide bonds. The third-order valence-electron chi connectivity index (χ3n) is 6.94. The fourth-order valence-corrected chi connectivity index (χ4v) is 6.82. The maximum Gasteiger partial charge on any atom is 0.240 e. The molecule has 0 aromatic heterocycles. The minimum absolute atomic E-state index is 0.289. The molecule has 7 rings (SSSR count). The van der Waals surface area contributed by atoms with Crippen molar-refractivity contribution in [3.63, 3.8) is 0 Å². The number of aryl methyl sites for hydroxylation is 1. The SMILES string of the molecule is Cc1ccccc1N1C(=O)[C@@H]2[C@@H](C1=O)C1(Cl)c3ccccc3C2(Cl)c2ccccc21. The highest BCUT2D eigenvalue weighted by atomic mass is 35.5. The molecule has 3 nitrogen and oxygen atoms in total. The highest BCUT2D eigenvalue weighted by Crippen LogP contribution is 2.69. The largest absolute Gasteiger partial charge is 0.274 e. The molecule has 0 unspecified atom stereocenters. The lowest BCUT2D eigenvalue weighted by molar-refractivity contribution is -0.122. The van der Waals surface area contributed by atoms with Crippen molar-refractivity contribution < 1.29 is 9.59 Å². The van der Waals surface area contributed by atoms with Crippen LogP contribution in [0.5, 0.6) is 0 Å². The van der Waals surface area contributed by atoms with Gasteiger partial charge in [0.2, 0.25) is 11.8 Å². The van der Waals surface area contributed by atoms with Crippen molar-refractivity contribution in [1.82, 2.24) is 0 Å². The Labute approximate surface area is 184 Å². The van der Waals surface area contributed by atoms with Crippen LogP contribution in [-0.4, -0.2) is 11.8 Å². The quantitative estimate of drug-likeness (QED) is 0.395. The van der Waals surface area contributed by atoms with Crippen LogP contribution in [0.15, 0.2) is 72.8 Å². The fraction of sp³-hybridized carbons (Fsp3) is 0.200. The summed E-state index contributed by atoms with van der Waals surface area (Å²) in [4.78, 5) is 26.7. The molecule has 148 valence electrons. The summed E-state index contributed by atoms with van der Waals surface area (Å²) in [5.41, 5.74) is 4.70. The second-order valence-electron chi connectivity index (χ2n) is 8.27. The summed E-state index contributed by atoms with van der Waals surface area (Å²) in [5.74, 6) is -2.12. The van der Waals surface area contributed by atoms with E-state index in [-0.39, 0.29) is 11.8 Å². The molecule has 5 heteroatoms. The first kappa shape index (κ1) is 18.2. The van der Waals surface area contributed by atoms with Crippen molar-refractivity contribution in [2.75, 3.05) is 4.90 Å². The van der Waals surface area contributed by atoms with Gasteiger partial charge in [-0.2, -0.15) is 0 Å². The normalized spacial score (nSPS) is 30.8. The van der Waals surface area contributed by atoms with E-state index in [0.717, 1.165) is 27.8 Å². The van der Waals surface area contributed by atoms with Crippen LogP contribution in [0.4, 0.5) is 5.69 Å². The molecular weight excluding hydrogens is 417 g/mol. The number of amides is 2. The number of hydrogen-bond acceptors (Lipinski definition) is 2. The van der Waals surface area contributed by atoms with Gasteiger partial charge in [-0.3, -0.25) is 9.59 Å². The number of benzene rings is 3. The van der Waals surface area contributed by atoms with Gasteiger partial charge in [0.1, 0.15) is 9.75 Å². The second-order valence-corrected chi connectivity index (χ2v) is 9.46. The lowest BCUT2D eigenvalue weighted by Gasteiger charge is -2.54. The summed E-state index contributed by atoms with van der Waals surface area (Å²) in [6, 6.07) is 22.7. The monoisotopic (exact) mass is 433 g/mol. The van der Waals surface area contributed by atoms with Gasteiger partial charge in [0.05, 0.1) is 17.5 Å². The van der Waals surface area contributed by atoms with Crippen LogP contribution >= 0.6 is 23.2 Å². The predicted octanol–water partition coefficient (Wildman–Crippen LogP) is 5.09. The molecule has 1 fully saturated rings. The molecule has 3 aromatic rings. The number of alkyl halides is 2. The van der Waals surface area contributed by atoms with Crippen LogP contribution in [0.2, 0.25) is 0 Å². The van der Waals surface area contributed by atoms with Gasteiger partial charge in [0.15, 0.2) is 0 Å². The van der Waals surface area contributed by atoms with Gasteiger partial charge in [-0.1, -0.05) is 66.7 Å². The molecule has 2 bridgehead atoms. The molecule has 1 heterocycles. The summed E-state index contributed by atoms with van der Waals surface area (Å²) >= 11 is 14.8. The molecule has 1 saturated heterocycles. The van der Waals surface area contributed by atoms with Crippen LogP contribution in [0, 0.1) is 18.8 Å². The first-order valence-corrected chi connectivity index (χ1v) is 10.7. The van der Waals surface area contributed by atoms with E-state index in [1.54, 1.807) is 6.07 Å². The van der Waals surface area contributed by atoms with Gasteiger partial charge in [-0.05, 0) is 40.8 Å². The van der Waals surface area contributed by atoms with E-state index in [4.69, 9.17) is 23.2 Å². The predicted molar refractivity (Wildman–Crippen MR) is 117 cm³/mol. The number of rotatable bonds is 1. The van der Waals surface area contributed by atoms with E-state index in [0.29, 0.717) is 5.69 Å². The molecule has 1 aliphatic heterocycles. The first-order valence-electron chi connectivity index (χ1n) is 9.93. The zero-order valence-electron chi connectivity index (χ0n) is 16.1. The Bertz CT molecular complexity index is 1150. The highest BCUT2D eigenvalue weighted by molar-refractivity contribution is 6.38. The minimum atomic E-state index is -1.14. The average molecular weight is 434 g/mol. The van der Waals surface area contributed by atoms with E-state index in [9.17, 15) is 9.59 Å². The highest BCUT2D eigenvalue weighted by Gasteiger charge is 2.73. The van der Waals surface area contributed by atoms with Crippen molar-refractivity contribution in [2.24, 2.45) is 11.8 Å². The number of para-hydroxylation sites is 1. The van der Waals surface area contributed by atoms with Crippen LogP contribution in [0.3, 0.4) is 0 Å². The molecule has 2 atom stereocenters.